The highest BCUT2D eigenvalue weighted by Gasteiger charge is 2.26. The van der Waals surface area contributed by atoms with Crippen molar-refractivity contribution in [3.8, 4) is 5.75 Å². The second kappa shape index (κ2) is 10.1. The molecule has 4 rings (SSSR count). The summed E-state index contributed by atoms with van der Waals surface area (Å²) >= 11 is 0. The van der Waals surface area contributed by atoms with Gasteiger partial charge in [0, 0.05) is 32.4 Å². The Morgan fingerprint density at radius 3 is 2.58 bits per heavy atom. The van der Waals surface area contributed by atoms with Crippen molar-refractivity contribution in [2.45, 2.75) is 31.7 Å². The lowest BCUT2D eigenvalue weighted by atomic mass is 10.0. The topological polar surface area (TPSA) is 56.8 Å². The molecule has 0 aromatic heterocycles. The number of ether oxygens (including phenoxy) is 1. The highest BCUT2D eigenvalue weighted by atomic mass is 16.5. The quantitative estimate of drug-likeness (QED) is 0.685. The van der Waals surface area contributed by atoms with Crippen LogP contribution in [0.5, 0.6) is 5.75 Å². The number of fused-ring (bicyclic) bond motifs is 1. The molecule has 6 nitrogen and oxygen atoms in total. The summed E-state index contributed by atoms with van der Waals surface area (Å²) in [5, 5.41) is 6.12. The zero-order valence-electron chi connectivity index (χ0n) is 18.7. The van der Waals surface area contributed by atoms with E-state index in [2.05, 4.69) is 45.7 Å². The first-order valence-electron chi connectivity index (χ1n) is 11.4. The number of methoxy groups -OCH3 is 1. The van der Waals surface area contributed by atoms with Crippen molar-refractivity contribution in [3.05, 3.63) is 59.2 Å². The number of nitrogens with zero attached hydrogens (tertiary/aromatic N) is 2. The van der Waals surface area contributed by atoms with Gasteiger partial charge >= 0.3 is 6.03 Å². The summed E-state index contributed by atoms with van der Waals surface area (Å²) in [6.45, 7) is 4.52. The van der Waals surface area contributed by atoms with Gasteiger partial charge in [0.25, 0.3) is 0 Å². The standard InChI is InChI=1S/C25H34N4O2/c1-28-16-12-21-17-20(7-10-23(21)28)24(29-14-3-4-15-29)18-27-25(30)26-13-11-19-5-8-22(31-2)9-6-19/h5-10,17,24H,3-4,11-16,18H2,1-2H3,(H2,26,27,30)/t24-/m0/s1. The van der Waals surface area contributed by atoms with Crippen LogP contribution in [0.25, 0.3) is 0 Å². The van der Waals surface area contributed by atoms with Crippen LogP contribution in [0.1, 0.15) is 35.6 Å². The fourth-order valence-corrected chi connectivity index (χ4v) is 4.67. The van der Waals surface area contributed by atoms with Gasteiger partial charge in [-0.05, 0) is 73.7 Å². The molecule has 0 unspecified atom stereocenters. The Morgan fingerprint density at radius 2 is 1.84 bits per heavy atom. The van der Waals surface area contributed by atoms with E-state index in [9.17, 15) is 4.79 Å². The van der Waals surface area contributed by atoms with Crippen molar-refractivity contribution >= 4 is 11.7 Å². The van der Waals surface area contributed by atoms with E-state index >= 15 is 0 Å². The smallest absolute Gasteiger partial charge is 0.314 e. The van der Waals surface area contributed by atoms with Crippen molar-refractivity contribution in [1.82, 2.24) is 15.5 Å². The molecule has 1 atom stereocenters. The van der Waals surface area contributed by atoms with Crippen LogP contribution in [-0.2, 0) is 12.8 Å². The zero-order valence-corrected chi connectivity index (χ0v) is 18.7. The summed E-state index contributed by atoms with van der Waals surface area (Å²) < 4.78 is 5.19. The van der Waals surface area contributed by atoms with Gasteiger partial charge < -0.3 is 20.3 Å². The van der Waals surface area contributed by atoms with Gasteiger partial charge in [0.2, 0.25) is 0 Å². The third-order valence-corrected chi connectivity index (χ3v) is 6.51. The molecule has 0 spiro atoms. The van der Waals surface area contributed by atoms with Gasteiger partial charge in [-0.1, -0.05) is 24.3 Å². The fourth-order valence-electron chi connectivity index (χ4n) is 4.67. The molecule has 166 valence electrons. The van der Waals surface area contributed by atoms with E-state index in [0.717, 1.165) is 38.2 Å². The molecular weight excluding hydrogens is 388 g/mol. The van der Waals surface area contributed by atoms with Crippen LogP contribution >= 0.6 is 0 Å². The maximum Gasteiger partial charge on any atom is 0.314 e. The number of anilines is 1. The van der Waals surface area contributed by atoms with Gasteiger partial charge in [0.15, 0.2) is 0 Å². The number of benzene rings is 2. The van der Waals surface area contributed by atoms with Crippen LogP contribution in [0.4, 0.5) is 10.5 Å². The summed E-state index contributed by atoms with van der Waals surface area (Å²) in [5.74, 6) is 0.848. The van der Waals surface area contributed by atoms with E-state index in [1.165, 1.54) is 35.2 Å². The second-order valence-corrected chi connectivity index (χ2v) is 8.55. The molecule has 2 aliphatic heterocycles. The molecule has 2 N–H and O–H groups in total. The maximum absolute atomic E-state index is 12.4. The number of nitrogens with one attached hydrogen (secondary N) is 2. The Balaban J connectivity index is 1.31. The van der Waals surface area contributed by atoms with E-state index in [0.29, 0.717) is 13.1 Å². The third-order valence-electron chi connectivity index (χ3n) is 6.51. The van der Waals surface area contributed by atoms with Crippen LogP contribution in [0.15, 0.2) is 42.5 Å². The molecule has 0 radical (unpaired) electrons. The Labute approximate surface area is 185 Å². The average molecular weight is 423 g/mol. The molecule has 6 heteroatoms. The molecule has 2 amide bonds. The number of likely N-dealkylation sites (N-methyl/N-ethyl adjacent to an activating group) is 1. The molecule has 2 aromatic rings. The number of carbonyl (C=O) groups excluding carboxylic acids is 1. The molecule has 1 fully saturated rings. The van der Waals surface area contributed by atoms with Gasteiger partial charge in [-0.3, -0.25) is 4.90 Å². The Hall–Kier alpha value is -2.73. The molecule has 0 aliphatic carbocycles. The number of rotatable bonds is 8. The van der Waals surface area contributed by atoms with Crippen molar-refractivity contribution in [1.29, 1.82) is 0 Å². The van der Waals surface area contributed by atoms with Crippen LogP contribution in [0, 0.1) is 0 Å². The highest BCUT2D eigenvalue weighted by Crippen LogP contribution is 2.32. The van der Waals surface area contributed by atoms with Crippen LogP contribution in [0.2, 0.25) is 0 Å². The first kappa shape index (κ1) is 21.5. The number of amides is 2. The average Bonchev–Trinajstić information content (AvgIpc) is 3.45. The minimum absolute atomic E-state index is 0.0985. The predicted molar refractivity (Wildman–Crippen MR) is 125 cm³/mol. The molecule has 2 aliphatic rings. The normalized spacial score (nSPS) is 16.8. The molecular formula is C25H34N4O2. The lowest BCUT2D eigenvalue weighted by molar-refractivity contribution is 0.221. The minimum Gasteiger partial charge on any atom is -0.497 e. The fraction of sp³-hybridized carbons (Fsp3) is 0.480. The van der Waals surface area contributed by atoms with Crippen molar-refractivity contribution < 1.29 is 9.53 Å². The largest absolute Gasteiger partial charge is 0.497 e. The predicted octanol–water partition coefficient (Wildman–Crippen LogP) is 3.37. The minimum atomic E-state index is -0.0985. The van der Waals surface area contributed by atoms with E-state index in [4.69, 9.17) is 4.74 Å². The molecule has 0 saturated carbocycles. The van der Waals surface area contributed by atoms with Gasteiger partial charge in [0.05, 0.1) is 13.2 Å². The first-order chi connectivity index (χ1) is 15.1. The number of likely N-dealkylation sites (tertiary alicyclic amines) is 1. The highest BCUT2D eigenvalue weighted by molar-refractivity contribution is 5.73. The Kier molecular flexibility index (Phi) is 6.97. The number of urea groups is 1. The number of hydrogen-bond donors (Lipinski definition) is 2. The summed E-state index contributed by atoms with van der Waals surface area (Å²) in [5.41, 5.74) is 5.26. The summed E-state index contributed by atoms with van der Waals surface area (Å²) in [7, 11) is 3.82. The van der Waals surface area contributed by atoms with Gasteiger partial charge in [-0.2, -0.15) is 0 Å². The van der Waals surface area contributed by atoms with Gasteiger partial charge in [-0.15, -0.1) is 0 Å². The molecule has 0 bridgehead atoms. The monoisotopic (exact) mass is 422 g/mol. The molecule has 2 heterocycles. The van der Waals surface area contributed by atoms with Crippen molar-refractivity contribution in [2.75, 3.05) is 51.8 Å². The number of hydrogen-bond acceptors (Lipinski definition) is 4. The maximum atomic E-state index is 12.4. The van der Waals surface area contributed by atoms with E-state index in [1.807, 2.05) is 24.3 Å². The first-order valence-corrected chi connectivity index (χ1v) is 11.4. The van der Waals surface area contributed by atoms with E-state index < -0.39 is 0 Å². The van der Waals surface area contributed by atoms with Crippen LogP contribution in [-0.4, -0.2) is 57.8 Å². The number of carbonyl (C=O) groups is 1. The SMILES string of the molecule is COc1ccc(CCNC(=O)NC[C@@H](c2ccc3c(c2)CCN3C)N2CCCC2)cc1. The van der Waals surface area contributed by atoms with Crippen LogP contribution < -0.4 is 20.3 Å². The van der Waals surface area contributed by atoms with Gasteiger partial charge in [-0.25, -0.2) is 4.79 Å². The Bertz CT molecular complexity index is 878. The molecule has 31 heavy (non-hydrogen) atoms. The van der Waals surface area contributed by atoms with E-state index in [1.54, 1.807) is 7.11 Å². The molecule has 1 saturated heterocycles. The Morgan fingerprint density at radius 1 is 1.06 bits per heavy atom. The third kappa shape index (κ3) is 5.31. The lowest BCUT2D eigenvalue weighted by Crippen LogP contribution is -2.42. The summed E-state index contributed by atoms with van der Waals surface area (Å²) in [4.78, 5) is 17.3. The van der Waals surface area contributed by atoms with Crippen molar-refractivity contribution in [3.63, 3.8) is 0 Å². The summed E-state index contributed by atoms with van der Waals surface area (Å²) in [6, 6.07) is 14.9. The van der Waals surface area contributed by atoms with Gasteiger partial charge in [0.1, 0.15) is 5.75 Å². The van der Waals surface area contributed by atoms with Crippen molar-refractivity contribution in [2.24, 2.45) is 0 Å². The van der Waals surface area contributed by atoms with Crippen LogP contribution in [0.3, 0.4) is 0 Å². The molecule has 2 aromatic carbocycles. The van der Waals surface area contributed by atoms with E-state index in [-0.39, 0.29) is 12.1 Å². The zero-order chi connectivity index (χ0) is 21.6. The summed E-state index contributed by atoms with van der Waals surface area (Å²) in [6.07, 6.45) is 4.37. The lowest BCUT2D eigenvalue weighted by Gasteiger charge is -2.29. The second-order valence-electron chi connectivity index (χ2n) is 8.55.